The van der Waals surface area contributed by atoms with E-state index in [-0.39, 0.29) is 12.5 Å². The monoisotopic (exact) mass is 552 g/mol. The number of carbonyl (C=O) groups is 1. The van der Waals surface area contributed by atoms with Gasteiger partial charge in [-0.3, -0.25) is 4.79 Å². The van der Waals surface area contributed by atoms with E-state index < -0.39 is 0 Å². The highest BCUT2D eigenvalue weighted by Crippen LogP contribution is 2.37. The van der Waals surface area contributed by atoms with Crippen LogP contribution in [-0.4, -0.2) is 18.2 Å². The maximum Gasteiger partial charge on any atom is 0.264 e. The molecule has 174 valence electrons. The normalized spacial score (nSPS) is 15.6. The highest BCUT2D eigenvalue weighted by atomic mass is 35.5. The van der Waals surface area contributed by atoms with E-state index in [0.717, 1.165) is 11.3 Å². The van der Waals surface area contributed by atoms with E-state index in [1.165, 1.54) is 11.8 Å². The van der Waals surface area contributed by atoms with Gasteiger partial charge in [0.05, 0.1) is 37.8 Å². The predicted molar refractivity (Wildman–Crippen MR) is 141 cm³/mol. The number of halogens is 4. The van der Waals surface area contributed by atoms with E-state index in [4.69, 9.17) is 55.9 Å². The SMILES string of the molecule is COc1ccc(N=C2NC(=O)/C(=C\c3cc(Cl)c(OCc4ccc(Cl)c(Cl)c4)c(Cl)c3)S2)cc1. The van der Waals surface area contributed by atoms with Gasteiger partial charge in [0.2, 0.25) is 0 Å². The zero-order valence-corrected chi connectivity index (χ0v) is 21.4. The summed E-state index contributed by atoms with van der Waals surface area (Å²) in [6.07, 6.45) is 1.69. The van der Waals surface area contributed by atoms with Crippen molar-refractivity contribution in [2.45, 2.75) is 6.61 Å². The van der Waals surface area contributed by atoms with Gasteiger partial charge >= 0.3 is 0 Å². The summed E-state index contributed by atoms with van der Waals surface area (Å²) in [6.45, 7) is 0.209. The van der Waals surface area contributed by atoms with E-state index in [1.54, 1.807) is 67.8 Å². The summed E-state index contributed by atoms with van der Waals surface area (Å²) in [5.41, 5.74) is 2.16. The third kappa shape index (κ3) is 6.01. The highest BCUT2D eigenvalue weighted by molar-refractivity contribution is 8.18. The molecule has 1 fully saturated rings. The third-order valence-corrected chi connectivity index (χ3v) is 6.85. The average Bonchev–Trinajstić information content (AvgIpc) is 3.14. The molecule has 0 spiro atoms. The number of rotatable bonds is 6. The van der Waals surface area contributed by atoms with Crippen LogP contribution in [0.5, 0.6) is 11.5 Å². The first-order chi connectivity index (χ1) is 16.3. The molecule has 1 amide bonds. The maximum absolute atomic E-state index is 12.4. The van der Waals surface area contributed by atoms with Gasteiger partial charge in [-0.05, 0) is 77.5 Å². The van der Waals surface area contributed by atoms with Crippen LogP contribution in [0.15, 0.2) is 64.5 Å². The molecule has 3 aromatic carbocycles. The standard InChI is InChI=1S/C24H16Cl4N2O3S/c1-32-16-5-3-15(4-6-16)29-24-30-23(31)21(34-24)11-14-9-19(27)22(20(28)10-14)33-12-13-2-7-17(25)18(26)8-13/h2-11H,12H2,1H3,(H,29,30,31)/b21-11+. The summed E-state index contributed by atoms with van der Waals surface area (Å²) in [4.78, 5) is 17.3. The van der Waals surface area contributed by atoms with E-state index in [0.29, 0.717) is 47.2 Å². The summed E-state index contributed by atoms with van der Waals surface area (Å²) in [5, 5.41) is 4.75. The van der Waals surface area contributed by atoms with Crippen molar-refractivity contribution in [3.05, 3.63) is 90.7 Å². The van der Waals surface area contributed by atoms with Gasteiger partial charge in [-0.25, -0.2) is 4.99 Å². The van der Waals surface area contributed by atoms with Gasteiger partial charge in [0.1, 0.15) is 12.4 Å². The Balaban J connectivity index is 1.48. The lowest BCUT2D eigenvalue weighted by Gasteiger charge is -2.11. The molecule has 10 heteroatoms. The molecule has 1 aliphatic rings. The third-order valence-electron chi connectivity index (χ3n) is 4.64. The minimum Gasteiger partial charge on any atom is -0.497 e. The number of hydrogen-bond donors (Lipinski definition) is 1. The van der Waals surface area contributed by atoms with Crippen LogP contribution in [0.1, 0.15) is 11.1 Å². The lowest BCUT2D eigenvalue weighted by atomic mass is 10.2. The van der Waals surface area contributed by atoms with Crippen molar-refractivity contribution < 1.29 is 14.3 Å². The lowest BCUT2D eigenvalue weighted by Crippen LogP contribution is -2.19. The fourth-order valence-electron chi connectivity index (χ4n) is 2.99. The van der Waals surface area contributed by atoms with E-state index in [9.17, 15) is 4.79 Å². The predicted octanol–water partition coefficient (Wildman–Crippen LogP) is 7.78. The van der Waals surface area contributed by atoms with Crippen LogP contribution in [0.4, 0.5) is 5.69 Å². The van der Waals surface area contributed by atoms with E-state index in [2.05, 4.69) is 10.3 Å². The second-order valence-corrected chi connectivity index (χ2v) is 9.69. The van der Waals surface area contributed by atoms with Gasteiger partial charge in [-0.1, -0.05) is 52.5 Å². The summed E-state index contributed by atoms with van der Waals surface area (Å²) in [6, 6.07) is 15.8. The largest absolute Gasteiger partial charge is 0.497 e. The molecule has 0 atom stereocenters. The molecule has 0 aromatic heterocycles. The zero-order valence-electron chi connectivity index (χ0n) is 17.6. The van der Waals surface area contributed by atoms with Crippen LogP contribution in [0.3, 0.4) is 0 Å². The summed E-state index contributed by atoms with van der Waals surface area (Å²) in [7, 11) is 1.60. The van der Waals surface area contributed by atoms with E-state index >= 15 is 0 Å². The van der Waals surface area contributed by atoms with Gasteiger partial charge in [-0.2, -0.15) is 0 Å². The molecule has 5 nitrogen and oxygen atoms in total. The molecule has 1 aliphatic heterocycles. The van der Waals surface area contributed by atoms with Crippen LogP contribution >= 0.6 is 58.2 Å². The second-order valence-electron chi connectivity index (χ2n) is 7.03. The number of hydrogen-bond acceptors (Lipinski definition) is 5. The van der Waals surface area contributed by atoms with Crippen molar-refractivity contribution >= 4 is 81.0 Å². The number of thioether (sulfide) groups is 1. The Morgan fingerprint density at radius 1 is 0.941 bits per heavy atom. The number of carbonyl (C=O) groups excluding carboxylic acids is 1. The Labute approximate surface area is 220 Å². The fraction of sp³-hybridized carbons (Fsp3) is 0.0833. The number of amidine groups is 1. The fourth-order valence-corrected chi connectivity index (χ4v) is 4.77. The molecule has 3 aromatic rings. The van der Waals surface area contributed by atoms with Gasteiger partial charge in [0.25, 0.3) is 5.91 Å². The first kappa shape index (κ1) is 24.8. The molecule has 1 N–H and O–H groups in total. The summed E-state index contributed by atoms with van der Waals surface area (Å²) < 4.78 is 10.9. The van der Waals surface area contributed by atoms with E-state index in [1.807, 2.05) is 0 Å². The molecule has 0 aliphatic carbocycles. The van der Waals surface area contributed by atoms with Crippen molar-refractivity contribution in [2.75, 3.05) is 7.11 Å². The number of ether oxygens (including phenoxy) is 2. The summed E-state index contributed by atoms with van der Waals surface area (Å²) in [5.74, 6) is 0.803. The van der Waals surface area contributed by atoms with Gasteiger partial charge in [0, 0.05) is 0 Å². The maximum atomic E-state index is 12.4. The number of aliphatic imine (C=N–C) groups is 1. The molecule has 0 unspecified atom stereocenters. The van der Waals surface area contributed by atoms with Crippen LogP contribution in [0, 0.1) is 0 Å². The Bertz CT molecular complexity index is 1290. The Kier molecular flexibility index (Phi) is 7.96. The van der Waals surface area contributed by atoms with Crippen molar-refractivity contribution in [2.24, 2.45) is 4.99 Å². The van der Waals surface area contributed by atoms with Crippen LogP contribution in [0.2, 0.25) is 20.1 Å². The first-order valence-corrected chi connectivity index (χ1v) is 12.1. The van der Waals surface area contributed by atoms with Crippen molar-refractivity contribution in [3.8, 4) is 11.5 Å². The zero-order chi connectivity index (χ0) is 24.2. The number of nitrogens with one attached hydrogen (secondary N) is 1. The van der Waals surface area contributed by atoms with Gasteiger partial charge in [0.15, 0.2) is 10.9 Å². The molecular weight excluding hydrogens is 538 g/mol. The molecular formula is C24H16Cl4N2O3S. The second kappa shape index (κ2) is 10.9. The Morgan fingerprint density at radius 2 is 1.65 bits per heavy atom. The van der Waals surface area contributed by atoms with Crippen molar-refractivity contribution in [1.29, 1.82) is 0 Å². The summed E-state index contributed by atoms with van der Waals surface area (Å²) >= 11 is 26.0. The van der Waals surface area contributed by atoms with Crippen LogP contribution in [-0.2, 0) is 11.4 Å². The lowest BCUT2D eigenvalue weighted by molar-refractivity contribution is -0.115. The Hall–Kier alpha value is -2.35. The molecule has 0 radical (unpaired) electrons. The first-order valence-electron chi connectivity index (χ1n) is 9.82. The molecule has 1 heterocycles. The van der Waals surface area contributed by atoms with Gasteiger partial charge < -0.3 is 14.8 Å². The smallest absolute Gasteiger partial charge is 0.264 e. The number of benzene rings is 3. The minimum absolute atomic E-state index is 0.209. The number of methoxy groups -OCH3 is 1. The van der Waals surface area contributed by atoms with Crippen molar-refractivity contribution in [3.63, 3.8) is 0 Å². The minimum atomic E-state index is -0.260. The number of nitrogens with zero attached hydrogens (tertiary/aromatic N) is 1. The quantitative estimate of drug-likeness (QED) is 0.316. The highest BCUT2D eigenvalue weighted by Gasteiger charge is 2.24. The molecule has 0 saturated carbocycles. The topological polar surface area (TPSA) is 59.9 Å². The molecule has 1 saturated heterocycles. The van der Waals surface area contributed by atoms with Gasteiger partial charge in [-0.15, -0.1) is 0 Å². The molecule has 4 rings (SSSR count). The van der Waals surface area contributed by atoms with Crippen LogP contribution < -0.4 is 14.8 Å². The van der Waals surface area contributed by atoms with Crippen molar-refractivity contribution in [1.82, 2.24) is 5.32 Å². The van der Waals surface area contributed by atoms with Crippen LogP contribution in [0.25, 0.3) is 6.08 Å². The number of amides is 1. The molecule has 34 heavy (non-hydrogen) atoms. The Morgan fingerprint density at radius 3 is 2.29 bits per heavy atom. The average molecular weight is 554 g/mol. The molecule has 0 bridgehead atoms.